The highest BCUT2D eigenvalue weighted by Crippen LogP contribution is 2.48. The van der Waals surface area contributed by atoms with Gasteiger partial charge in [-0.25, -0.2) is 0 Å². The molecule has 2 heteroatoms. The Balaban J connectivity index is 0.000000157. The zero-order valence-corrected chi connectivity index (χ0v) is 64.4. The quantitative estimate of drug-likeness (QED) is 0.102. The van der Waals surface area contributed by atoms with E-state index >= 15 is 0 Å². The van der Waals surface area contributed by atoms with E-state index in [2.05, 4.69) is 437 Å². The molecule has 0 amide bonds. The van der Waals surface area contributed by atoms with Gasteiger partial charge < -0.3 is 9.13 Å². The fourth-order valence-electron chi connectivity index (χ4n) is 18.2. The molecule has 0 N–H and O–H groups in total. The van der Waals surface area contributed by atoms with Crippen LogP contribution in [0.25, 0.3) is 209 Å². The molecule has 21 aromatic rings. The van der Waals surface area contributed by atoms with Crippen LogP contribution in [0.2, 0.25) is 0 Å². The first-order valence-electron chi connectivity index (χ1n) is 40.0. The van der Waals surface area contributed by atoms with E-state index in [0.29, 0.717) is 0 Å². The maximum Gasteiger partial charge on any atom is 0.0491 e. The summed E-state index contributed by atoms with van der Waals surface area (Å²) in [6.07, 6.45) is 0. The van der Waals surface area contributed by atoms with E-state index in [-0.39, 0.29) is 0 Å². The lowest BCUT2D eigenvalue weighted by Gasteiger charge is -2.19. The SMILES string of the molecule is CCn1c2ccc(-c3ccccc3)cc2c2cc(-c3ccc(-c4ccc(-c5c6ccc(C)cc6c(-c6ccc(-c7ccc(-c8ccccc8)cc7)cc6)c6ccc(C)cc56)cc4)cc3)ccc21.CCn1c2ccccc2c2cc(-c3ccc(-c4c5ccccc5c(-c5cccc(-c6ccccc6)c5)c5ccccc45)cc3)ccc21. The molecule has 540 valence electrons. The molecule has 0 bridgehead atoms. The second-order valence-corrected chi connectivity index (χ2v) is 30.5. The number of aryl methyl sites for hydroxylation is 4. The van der Waals surface area contributed by atoms with Crippen LogP contribution in [0.5, 0.6) is 0 Å². The van der Waals surface area contributed by atoms with Gasteiger partial charge >= 0.3 is 0 Å². The van der Waals surface area contributed by atoms with Crippen molar-refractivity contribution in [3.63, 3.8) is 0 Å². The van der Waals surface area contributed by atoms with Crippen LogP contribution in [0.3, 0.4) is 0 Å². The maximum absolute atomic E-state index is 2.43. The summed E-state index contributed by atoms with van der Waals surface area (Å²) in [6, 6.07) is 148. The second kappa shape index (κ2) is 29.2. The first-order chi connectivity index (χ1) is 56.2. The molecule has 19 aromatic carbocycles. The average Bonchev–Trinajstić information content (AvgIpc) is 1.12. The Bertz CT molecular complexity index is 7170. The van der Waals surface area contributed by atoms with E-state index in [0.717, 1.165) is 13.1 Å². The Labute approximate surface area is 666 Å². The summed E-state index contributed by atoms with van der Waals surface area (Å²) in [5.74, 6) is 0. The third-order valence-electron chi connectivity index (χ3n) is 23.7. The lowest BCUT2D eigenvalue weighted by atomic mass is 9.84. The number of nitrogens with zero attached hydrogens (tertiary/aromatic N) is 2. The number of rotatable bonds is 13. The lowest BCUT2D eigenvalue weighted by Crippen LogP contribution is -1.93. The van der Waals surface area contributed by atoms with E-state index in [9.17, 15) is 0 Å². The highest BCUT2D eigenvalue weighted by Gasteiger charge is 2.22. The molecule has 0 aliphatic heterocycles. The molecule has 21 rings (SSSR count). The summed E-state index contributed by atoms with van der Waals surface area (Å²) in [4.78, 5) is 0. The summed E-state index contributed by atoms with van der Waals surface area (Å²) in [7, 11) is 0. The third kappa shape index (κ3) is 12.4. The van der Waals surface area contributed by atoms with Crippen LogP contribution in [-0.4, -0.2) is 9.13 Å². The first-order valence-corrected chi connectivity index (χ1v) is 40.0. The normalized spacial score (nSPS) is 11.6. The van der Waals surface area contributed by atoms with Crippen molar-refractivity contribution in [2.75, 3.05) is 0 Å². The van der Waals surface area contributed by atoms with Crippen molar-refractivity contribution in [2.45, 2.75) is 40.8 Å². The van der Waals surface area contributed by atoms with Crippen LogP contribution in [0, 0.1) is 13.8 Å². The van der Waals surface area contributed by atoms with Crippen LogP contribution >= 0.6 is 0 Å². The van der Waals surface area contributed by atoms with E-state index in [1.54, 1.807) is 0 Å². The fraction of sp³-hybridized carbons (Fsp3) is 0.0536. The van der Waals surface area contributed by atoms with E-state index in [4.69, 9.17) is 0 Å². The van der Waals surface area contributed by atoms with Crippen molar-refractivity contribution in [3.05, 3.63) is 412 Å². The minimum atomic E-state index is 0.926. The van der Waals surface area contributed by atoms with Crippen LogP contribution in [0.4, 0.5) is 0 Å². The Morgan fingerprint density at radius 2 is 0.377 bits per heavy atom. The predicted octanol–water partition coefficient (Wildman–Crippen LogP) is 31.2. The number of para-hydroxylation sites is 1. The zero-order chi connectivity index (χ0) is 76.3. The van der Waals surface area contributed by atoms with Crippen molar-refractivity contribution in [1.29, 1.82) is 0 Å². The maximum atomic E-state index is 2.43. The minimum Gasteiger partial charge on any atom is -0.341 e. The van der Waals surface area contributed by atoms with Crippen molar-refractivity contribution < 1.29 is 0 Å². The van der Waals surface area contributed by atoms with Gasteiger partial charge in [0.15, 0.2) is 0 Å². The number of aromatic nitrogens is 2. The molecule has 0 fully saturated rings. The Hall–Kier alpha value is -14.2. The van der Waals surface area contributed by atoms with Gasteiger partial charge in [-0.2, -0.15) is 0 Å². The van der Waals surface area contributed by atoms with E-state index < -0.39 is 0 Å². The van der Waals surface area contributed by atoms with Crippen molar-refractivity contribution in [1.82, 2.24) is 9.13 Å². The monoisotopic (exact) mass is 1450 g/mol. The molecule has 2 nitrogen and oxygen atoms in total. The highest BCUT2D eigenvalue weighted by atomic mass is 15.0. The smallest absolute Gasteiger partial charge is 0.0491 e. The molecule has 0 saturated heterocycles. The number of fused-ring (bicyclic) bond motifs is 10. The topological polar surface area (TPSA) is 9.86 Å². The van der Waals surface area contributed by atoms with Gasteiger partial charge in [0.1, 0.15) is 0 Å². The summed E-state index contributed by atoms with van der Waals surface area (Å²) in [5, 5.41) is 15.4. The zero-order valence-electron chi connectivity index (χ0n) is 64.4. The van der Waals surface area contributed by atoms with Gasteiger partial charge in [-0.05, 0) is 242 Å². The Kier molecular flexibility index (Phi) is 17.7. The Morgan fingerprint density at radius 1 is 0.149 bits per heavy atom. The molecule has 2 aromatic heterocycles. The van der Waals surface area contributed by atoms with E-state index in [1.165, 1.54) is 220 Å². The molecule has 0 unspecified atom stereocenters. The lowest BCUT2D eigenvalue weighted by molar-refractivity contribution is 0.827. The average molecular weight is 1460 g/mol. The number of hydrogen-bond donors (Lipinski definition) is 0. The summed E-state index contributed by atoms with van der Waals surface area (Å²) in [5.41, 5.74) is 34.9. The van der Waals surface area contributed by atoms with Crippen LogP contribution in [-0.2, 0) is 13.1 Å². The van der Waals surface area contributed by atoms with Crippen LogP contribution < -0.4 is 0 Å². The molecule has 0 spiro atoms. The summed E-state index contributed by atoms with van der Waals surface area (Å²) in [6.45, 7) is 10.7. The number of benzene rings is 19. The van der Waals surface area contributed by atoms with Gasteiger partial charge in [-0.15, -0.1) is 0 Å². The van der Waals surface area contributed by atoms with Crippen molar-refractivity contribution in [2.24, 2.45) is 0 Å². The van der Waals surface area contributed by atoms with Gasteiger partial charge in [0.2, 0.25) is 0 Å². The number of hydrogen-bond acceptors (Lipinski definition) is 0. The minimum absolute atomic E-state index is 0.926. The van der Waals surface area contributed by atoms with Gasteiger partial charge in [0, 0.05) is 56.7 Å². The predicted molar refractivity (Wildman–Crippen MR) is 490 cm³/mol. The van der Waals surface area contributed by atoms with E-state index in [1.807, 2.05) is 0 Å². The summed E-state index contributed by atoms with van der Waals surface area (Å²) < 4.78 is 4.85. The van der Waals surface area contributed by atoms with Gasteiger partial charge in [-0.1, -0.05) is 363 Å². The highest BCUT2D eigenvalue weighted by molar-refractivity contribution is 6.23. The molecule has 114 heavy (non-hydrogen) atoms. The molecular formula is C112H82N2. The van der Waals surface area contributed by atoms with Gasteiger partial charge in [0.25, 0.3) is 0 Å². The van der Waals surface area contributed by atoms with Crippen LogP contribution in [0.15, 0.2) is 400 Å². The standard InChI is InChI=1S/C66H49N.C46H33N/c1-4-67-63-37-33-55(46-13-9-6-10-14-46)41-59(63)60-42-56(34-38-64(60)67)52-23-21-49(22-24-52)51-27-31-54(32-28-51)66-58-36-16-43(2)39-61(58)65(57-35-15-44(3)40-62(57)66)53-29-25-50(26-30-53)48-19-17-47(18-20-48)45-11-7-5-8-12-45;1-2-47-43-22-11-10-17-37(43)42-30-35(27-28-44(42)47)32-23-25-33(26-24-32)45-38-18-6-8-20-40(38)46(41-21-9-7-19-39(41)45)36-16-12-15-34(29-36)31-13-4-3-5-14-31/h5-42H,4H2,1-3H3;3-30H,2H2,1H3. The van der Waals surface area contributed by atoms with Gasteiger partial charge in [-0.3, -0.25) is 0 Å². The van der Waals surface area contributed by atoms with Crippen molar-refractivity contribution in [3.8, 4) is 122 Å². The van der Waals surface area contributed by atoms with Crippen molar-refractivity contribution >= 4 is 86.7 Å². The summed E-state index contributed by atoms with van der Waals surface area (Å²) >= 11 is 0. The fourth-order valence-corrected chi connectivity index (χ4v) is 18.2. The van der Waals surface area contributed by atoms with Crippen LogP contribution in [0.1, 0.15) is 25.0 Å². The molecule has 2 heterocycles. The molecule has 0 radical (unpaired) electrons. The Morgan fingerprint density at radius 3 is 0.737 bits per heavy atom. The first kappa shape index (κ1) is 69.0. The third-order valence-corrected chi connectivity index (χ3v) is 23.7. The molecule has 0 atom stereocenters. The largest absolute Gasteiger partial charge is 0.341 e. The van der Waals surface area contributed by atoms with Gasteiger partial charge in [0.05, 0.1) is 0 Å². The molecule has 0 aliphatic rings. The second-order valence-electron chi connectivity index (χ2n) is 30.5. The molecular weight excluding hydrogens is 1370 g/mol. The molecule has 0 saturated carbocycles. The molecule has 0 aliphatic carbocycles.